The molecule has 24 atom stereocenters. The molecule has 0 aliphatic heterocycles. The number of fused-ring (bicyclic) bond motifs is 1. The largest absolute Gasteiger partial charge is 0.481 e. The summed E-state index contributed by atoms with van der Waals surface area (Å²) in [5.41, 5.74) is 18.4. The summed E-state index contributed by atoms with van der Waals surface area (Å²) < 4.78 is 0. The van der Waals surface area contributed by atoms with E-state index < -0.39 is 300 Å². The van der Waals surface area contributed by atoms with Gasteiger partial charge in [0.15, 0.2) is 5.96 Å². The lowest BCUT2D eigenvalue weighted by Crippen LogP contribution is -2.63. The minimum Gasteiger partial charge on any atom is -0.481 e. The summed E-state index contributed by atoms with van der Waals surface area (Å²) in [6.07, 6.45) is -4.70. The number of nitrogens with two attached hydrogens (primary N) is 3. The van der Waals surface area contributed by atoms with Gasteiger partial charge in [0.05, 0.1) is 37.5 Å². The predicted molar refractivity (Wildman–Crippen MR) is 540 cm³/mol. The van der Waals surface area contributed by atoms with Crippen LogP contribution >= 0.6 is 0 Å². The summed E-state index contributed by atoms with van der Waals surface area (Å²) in [6.45, 7) is 25.2. The molecule has 149 heavy (non-hydrogen) atoms. The van der Waals surface area contributed by atoms with Gasteiger partial charge in [-0.25, -0.2) is 4.79 Å². The Labute approximate surface area is 863 Å². The van der Waals surface area contributed by atoms with E-state index >= 15 is 4.79 Å². The van der Waals surface area contributed by atoms with Crippen molar-refractivity contribution >= 4 is 147 Å². The minimum absolute atomic E-state index is 0.0199. The van der Waals surface area contributed by atoms with Gasteiger partial charge in [0.25, 0.3) is 0 Å². The van der Waals surface area contributed by atoms with Gasteiger partial charge in [-0.05, 0) is 147 Å². The van der Waals surface area contributed by atoms with Crippen LogP contribution in [0, 0.1) is 35.0 Å². The third-order valence-corrected chi connectivity index (χ3v) is 24.5. The number of guanidine groups is 1. The standard InChI is InChI=1S/C97H154N24O28/c1-18-47(8)73(92(144)108-54(15)82(134)120-76(55(16)122)94(146)110-62(33-26-27-35-98)85(137)117-75(49(10)20-3)93(145)121-77(56(17)123)95(147)116-69(96(148)149)43-72(128)129)118-89(141)65(38-46(6)7)113-87(139)67(40-58-44-103-61-32-25-24-31-59(58)61)112-81(133)53(14)107-91(143)74(48(9)19-2)119-90(142)66(39-57-29-22-21-23-30-57)114-88(140)68(42-71(126)127)115-84(136)63(34-28-36-102-97(100)101)109-79(131)51(12)104-78(130)50(11)106-86(138)64(37-45(4)5)111-80(132)52(13)105-83(135)60(99)41-70(124)125/h21-25,29-32,44-56,60,62-69,73-77,103,122-123H,18-20,26-28,33-43,98-99H2,1-17H3,(H,104,130)(H,105,135)(H,106,138)(H,107,143)(H,108,144)(H,109,131)(H,110,146)(H,111,132)(H,112,133)(H,113,139)(H,114,140)(H,115,136)(H,116,147)(H,117,137)(H,118,141)(H,119,142)(H,120,134)(H,121,145)(H,124,125)(H,126,127)(H,128,129)(H,148,149)(H4,100,101,102)/t47-,48-,49-,50-,51-,52-,53-,54-,55+,56+,60-,62-,63-,64-,65-,66-,67-,68-,69-,73-,74-,75-,76-,77-/m0/s1. The molecule has 52 nitrogen and oxygen atoms in total. The number of hydrogen-bond donors (Lipinski definition) is 30. The molecular formula is C97H154N24O28. The number of amides is 18. The molecule has 0 saturated heterocycles. The van der Waals surface area contributed by atoms with Gasteiger partial charge in [0.2, 0.25) is 106 Å². The molecule has 1 aromatic heterocycles. The second-order valence-corrected chi connectivity index (χ2v) is 38.2. The first-order valence-corrected chi connectivity index (χ1v) is 49.6. The quantitative estimate of drug-likeness (QED) is 0.0143. The van der Waals surface area contributed by atoms with Crippen LogP contribution in [0.4, 0.5) is 0 Å². The van der Waals surface area contributed by atoms with Crippen LogP contribution < -0.4 is 118 Å². The third kappa shape index (κ3) is 44.6. The van der Waals surface area contributed by atoms with Crippen LogP contribution in [-0.2, 0) is 118 Å². The summed E-state index contributed by atoms with van der Waals surface area (Å²) in [5.74, 6) is -27.9. The lowest BCUT2D eigenvalue weighted by atomic mass is 9.96. The fourth-order valence-corrected chi connectivity index (χ4v) is 15.1. The highest BCUT2D eigenvalue weighted by atomic mass is 16.4. The molecule has 18 amide bonds. The van der Waals surface area contributed by atoms with E-state index in [1.165, 1.54) is 34.6 Å². The molecule has 830 valence electrons. The number of carboxylic acid groups (broad SMARTS) is 4. The number of aliphatic hydroxyl groups excluding tert-OH is 2. The van der Waals surface area contributed by atoms with Gasteiger partial charge in [-0.2, -0.15) is 0 Å². The molecule has 33 N–H and O–H groups in total. The number of carboxylic acids is 4. The first kappa shape index (κ1) is 129. The summed E-state index contributed by atoms with van der Waals surface area (Å²) in [4.78, 5) is 305. The zero-order valence-electron chi connectivity index (χ0n) is 87.2. The van der Waals surface area contributed by atoms with Crippen molar-refractivity contribution < 1.29 is 136 Å². The van der Waals surface area contributed by atoms with Crippen molar-refractivity contribution in [2.75, 3.05) is 13.1 Å². The molecule has 1 heterocycles. The third-order valence-electron chi connectivity index (χ3n) is 24.5. The monoisotopic (exact) mass is 2100 g/mol. The van der Waals surface area contributed by atoms with Crippen molar-refractivity contribution in [2.45, 2.75) is 341 Å². The Balaban J connectivity index is 1.95. The fourth-order valence-electron chi connectivity index (χ4n) is 15.1. The van der Waals surface area contributed by atoms with Crippen molar-refractivity contribution in [2.24, 2.45) is 46.8 Å². The summed E-state index contributed by atoms with van der Waals surface area (Å²) in [6, 6.07) is -15.1. The number of aromatic nitrogens is 1. The number of aromatic amines is 1. The van der Waals surface area contributed by atoms with E-state index in [-0.39, 0.29) is 95.6 Å². The molecular weight excluding hydrogens is 1950 g/mol. The molecule has 3 rings (SSSR count). The Morgan fingerprint density at radius 1 is 0.336 bits per heavy atom. The Bertz CT molecular complexity index is 5100. The van der Waals surface area contributed by atoms with Crippen LogP contribution in [-0.4, -0.2) is 312 Å². The van der Waals surface area contributed by atoms with Gasteiger partial charge in [-0.1, -0.05) is 137 Å². The van der Waals surface area contributed by atoms with Crippen LogP contribution in [0.25, 0.3) is 10.9 Å². The average Bonchev–Trinajstić information content (AvgIpc) is 1.69. The number of benzene rings is 2. The Hall–Kier alpha value is -14.6. The Morgan fingerprint density at radius 3 is 1.09 bits per heavy atom. The maximum atomic E-state index is 15.1. The van der Waals surface area contributed by atoms with Gasteiger partial charge >= 0.3 is 23.9 Å². The average molecular weight is 2100 g/mol. The zero-order chi connectivity index (χ0) is 113. The van der Waals surface area contributed by atoms with Crippen molar-refractivity contribution in [3.8, 4) is 0 Å². The number of carbonyl (C=O) groups excluding carboxylic acids is 18. The molecule has 0 saturated carbocycles. The van der Waals surface area contributed by atoms with Gasteiger partial charge in [-0.3, -0.25) is 106 Å². The first-order valence-electron chi connectivity index (χ1n) is 49.6. The number of para-hydroxylation sites is 1. The number of aliphatic hydroxyl groups is 2. The zero-order valence-corrected chi connectivity index (χ0v) is 87.2. The van der Waals surface area contributed by atoms with E-state index in [9.17, 15) is 126 Å². The number of nitrogens with one attached hydrogen (secondary N) is 21. The SMILES string of the molecule is CC[C@H](C)[C@H](NC(=O)[C@H](CC(C)C)NC(=O)[C@H](Cc1c[nH]c2ccccc12)NC(=O)[C@H](C)NC(=O)[C@@H](NC(=O)[C@H](Cc1ccccc1)NC(=O)[C@H](CC(=O)O)NC(=O)[C@H](CCCNC(=N)N)NC(=O)[C@H](C)NC(=O)[C@H](C)NC(=O)[C@H](CC(C)C)NC(=O)[C@H](C)NC(=O)[C@@H](N)CC(=O)O)[C@@H](C)CC)C(=O)N[C@@H](C)C(=O)N[C@H](C(=O)N[C@@H](CCCCN)C(=O)N[C@H](C(=O)N[C@H](C(=O)N[C@@H](CC(=O)O)C(=O)O)[C@@H](C)O)[C@@H](C)CC)[C@@H](C)O. The number of unbranched alkanes of at least 4 members (excludes halogenated alkanes) is 1. The van der Waals surface area contributed by atoms with E-state index in [2.05, 4.69) is 101 Å². The normalized spacial score (nSPS) is 16.1. The number of carbonyl (C=O) groups is 22. The lowest BCUT2D eigenvalue weighted by molar-refractivity contribution is -0.148. The highest BCUT2D eigenvalue weighted by Crippen LogP contribution is 2.22. The summed E-state index contributed by atoms with van der Waals surface area (Å²) in [5, 5.41) is 115. The lowest BCUT2D eigenvalue weighted by Gasteiger charge is -2.30. The summed E-state index contributed by atoms with van der Waals surface area (Å²) in [7, 11) is 0. The Kier molecular flexibility index (Phi) is 55.1. The second-order valence-electron chi connectivity index (χ2n) is 38.2. The summed E-state index contributed by atoms with van der Waals surface area (Å²) >= 11 is 0. The number of H-pyrrole nitrogens is 1. The van der Waals surface area contributed by atoms with Crippen LogP contribution in [0.3, 0.4) is 0 Å². The van der Waals surface area contributed by atoms with E-state index in [0.717, 1.165) is 13.8 Å². The molecule has 52 heteroatoms. The molecule has 0 bridgehead atoms. The number of rotatable bonds is 67. The van der Waals surface area contributed by atoms with Crippen molar-refractivity contribution in [1.29, 1.82) is 5.41 Å². The maximum absolute atomic E-state index is 15.1. The minimum atomic E-state index is -2.03. The fraction of sp³-hybridized carbons (Fsp3) is 0.619. The second kappa shape index (κ2) is 63.9. The van der Waals surface area contributed by atoms with Gasteiger partial charge < -0.3 is 154 Å². The Morgan fingerprint density at radius 2 is 0.644 bits per heavy atom. The van der Waals surface area contributed by atoms with Gasteiger partial charge in [-0.15, -0.1) is 0 Å². The molecule has 0 fully saturated rings. The molecule has 0 unspecified atom stereocenters. The van der Waals surface area contributed by atoms with E-state index in [0.29, 0.717) is 28.5 Å². The van der Waals surface area contributed by atoms with Gasteiger partial charge in [0, 0.05) is 36.5 Å². The van der Waals surface area contributed by atoms with E-state index in [4.69, 9.17) is 27.7 Å². The first-order chi connectivity index (χ1) is 69.8. The maximum Gasteiger partial charge on any atom is 0.326 e. The predicted octanol–water partition coefficient (Wildman–Crippen LogP) is -5.00. The number of aliphatic carboxylic acids is 4. The molecule has 2 aromatic carbocycles. The van der Waals surface area contributed by atoms with Crippen molar-refractivity contribution in [1.82, 2.24) is 106 Å². The molecule has 0 aliphatic rings. The topological polar surface area (TPSA) is 843 Å². The van der Waals surface area contributed by atoms with E-state index in [1.54, 1.807) is 130 Å². The molecule has 3 aromatic rings. The van der Waals surface area contributed by atoms with Crippen LogP contribution in [0.2, 0.25) is 0 Å². The van der Waals surface area contributed by atoms with Gasteiger partial charge in [0.1, 0.15) is 109 Å². The number of hydrogen-bond acceptors (Lipinski definition) is 27. The molecule has 0 spiro atoms. The highest BCUT2D eigenvalue weighted by molar-refractivity contribution is 6.03. The van der Waals surface area contributed by atoms with Crippen molar-refractivity contribution in [3.05, 3.63) is 71.9 Å². The molecule has 0 radical (unpaired) electrons. The van der Waals surface area contributed by atoms with Crippen molar-refractivity contribution in [3.63, 3.8) is 0 Å². The molecule has 0 aliphatic carbocycles. The van der Waals surface area contributed by atoms with Crippen LogP contribution in [0.15, 0.2) is 60.8 Å². The van der Waals surface area contributed by atoms with Crippen LogP contribution in [0.5, 0.6) is 0 Å². The van der Waals surface area contributed by atoms with E-state index in [1.807, 2.05) is 5.32 Å². The highest BCUT2D eigenvalue weighted by Gasteiger charge is 2.43. The van der Waals surface area contributed by atoms with Crippen LogP contribution in [0.1, 0.15) is 212 Å². The smallest absolute Gasteiger partial charge is 0.326 e.